The zero-order valence-corrected chi connectivity index (χ0v) is 12.7. The molecule has 0 aliphatic carbocycles. The Morgan fingerprint density at radius 3 is 2.36 bits per heavy atom. The van der Waals surface area contributed by atoms with E-state index in [0.29, 0.717) is 0 Å². The van der Waals surface area contributed by atoms with Crippen LogP contribution in [0.4, 0.5) is 0 Å². The van der Waals surface area contributed by atoms with Gasteiger partial charge in [-0.25, -0.2) is 4.79 Å². The Hall–Kier alpha value is -2.57. The van der Waals surface area contributed by atoms with Gasteiger partial charge in [0.2, 0.25) is 0 Å². The summed E-state index contributed by atoms with van der Waals surface area (Å²) in [6, 6.07) is 4.71. The van der Waals surface area contributed by atoms with Gasteiger partial charge >= 0.3 is 11.9 Å². The van der Waals surface area contributed by atoms with E-state index >= 15 is 0 Å². The number of hydrogen-bond donors (Lipinski definition) is 2. The fraction of sp³-hybridized carbons (Fsp3) is 0.400. The van der Waals surface area contributed by atoms with Crippen molar-refractivity contribution in [1.29, 1.82) is 0 Å². The molecule has 0 unspecified atom stereocenters. The lowest BCUT2D eigenvalue weighted by Crippen LogP contribution is -2.43. The largest absolute Gasteiger partial charge is 0.508 e. The molecule has 1 aromatic rings. The van der Waals surface area contributed by atoms with Crippen molar-refractivity contribution in [3.8, 4) is 5.75 Å². The zero-order valence-electron chi connectivity index (χ0n) is 12.7. The van der Waals surface area contributed by atoms with Crippen molar-refractivity contribution in [3.63, 3.8) is 0 Å². The number of methoxy groups -OCH3 is 2. The van der Waals surface area contributed by atoms with Crippen LogP contribution in [-0.4, -0.2) is 43.2 Å². The first-order chi connectivity index (χ1) is 10.4. The maximum atomic E-state index is 12.1. The van der Waals surface area contributed by atoms with Crippen LogP contribution in [0, 0.1) is 5.92 Å². The van der Waals surface area contributed by atoms with Crippen molar-refractivity contribution in [2.24, 2.45) is 5.92 Å². The number of carbonyl (C=O) groups excluding carboxylic acids is 3. The summed E-state index contributed by atoms with van der Waals surface area (Å²) in [6.07, 6.45) is 0.0455. The van der Waals surface area contributed by atoms with E-state index in [9.17, 15) is 19.5 Å². The average Bonchev–Trinajstić information content (AvgIpc) is 2.52. The molecule has 2 N–H and O–H groups in total. The summed E-state index contributed by atoms with van der Waals surface area (Å²) >= 11 is 0. The van der Waals surface area contributed by atoms with Gasteiger partial charge in [0.15, 0.2) is 0 Å². The van der Waals surface area contributed by atoms with E-state index in [-0.39, 0.29) is 17.7 Å². The molecule has 0 fully saturated rings. The van der Waals surface area contributed by atoms with E-state index in [0.717, 1.165) is 0 Å². The summed E-state index contributed by atoms with van der Waals surface area (Å²) in [6.45, 7) is 1.59. The molecule has 1 aromatic carbocycles. The Morgan fingerprint density at radius 1 is 1.18 bits per heavy atom. The van der Waals surface area contributed by atoms with Gasteiger partial charge in [-0.1, -0.05) is 13.0 Å². The Balaban J connectivity index is 2.83. The van der Waals surface area contributed by atoms with Crippen molar-refractivity contribution in [2.45, 2.75) is 19.4 Å². The van der Waals surface area contributed by atoms with Gasteiger partial charge in [-0.15, -0.1) is 0 Å². The Kier molecular flexibility index (Phi) is 6.37. The normalized spacial score (nSPS) is 12.9. The molecule has 22 heavy (non-hydrogen) atoms. The Labute approximate surface area is 128 Å². The molecular formula is C15H19NO6. The number of esters is 2. The number of rotatable bonds is 6. The van der Waals surface area contributed by atoms with Crippen molar-refractivity contribution >= 4 is 17.8 Å². The van der Waals surface area contributed by atoms with Crippen LogP contribution in [0.2, 0.25) is 0 Å². The second kappa shape index (κ2) is 8.02. The fourth-order valence-corrected chi connectivity index (χ4v) is 1.90. The van der Waals surface area contributed by atoms with Gasteiger partial charge < -0.3 is 19.9 Å². The average molecular weight is 309 g/mol. The molecule has 0 bridgehead atoms. The molecule has 0 heterocycles. The lowest BCUT2D eigenvalue weighted by molar-refractivity contribution is -0.147. The number of amides is 1. The number of carbonyl (C=O) groups is 3. The second-order valence-electron chi connectivity index (χ2n) is 4.76. The quantitative estimate of drug-likeness (QED) is 0.756. The minimum atomic E-state index is -0.992. The Bertz CT molecular complexity index is 557. The van der Waals surface area contributed by atoms with Crippen molar-refractivity contribution in [3.05, 3.63) is 29.8 Å². The van der Waals surface area contributed by atoms with Gasteiger partial charge in [-0.05, 0) is 24.6 Å². The summed E-state index contributed by atoms with van der Waals surface area (Å²) in [5.74, 6) is -2.35. The van der Waals surface area contributed by atoms with Crippen LogP contribution < -0.4 is 5.32 Å². The summed E-state index contributed by atoms with van der Waals surface area (Å²) in [5, 5.41) is 11.9. The third kappa shape index (κ3) is 4.76. The highest BCUT2D eigenvalue weighted by atomic mass is 16.5. The number of nitrogens with one attached hydrogen (secondary N) is 1. The van der Waals surface area contributed by atoms with Crippen LogP contribution in [0.1, 0.15) is 23.7 Å². The van der Waals surface area contributed by atoms with E-state index in [1.807, 2.05) is 0 Å². The van der Waals surface area contributed by atoms with Crippen molar-refractivity contribution in [1.82, 2.24) is 5.32 Å². The lowest BCUT2D eigenvalue weighted by Gasteiger charge is -2.19. The summed E-state index contributed by atoms with van der Waals surface area (Å²) in [7, 11) is 2.44. The van der Waals surface area contributed by atoms with E-state index < -0.39 is 29.8 Å². The molecule has 0 radical (unpaired) electrons. The molecule has 0 aromatic heterocycles. The first-order valence-corrected chi connectivity index (χ1v) is 6.64. The van der Waals surface area contributed by atoms with Gasteiger partial charge in [0.1, 0.15) is 11.8 Å². The van der Waals surface area contributed by atoms with Gasteiger partial charge in [0, 0.05) is 5.56 Å². The predicted octanol–water partition coefficient (Wildman–Crippen LogP) is 0.863. The number of phenolic OH excluding ortho intramolecular Hbond substituents is 1. The highest BCUT2D eigenvalue weighted by Crippen LogP contribution is 2.13. The van der Waals surface area contributed by atoms with E-state index in [1.165, 1.54) is 38.5 Å². The molecule has 0 saturated heterocycles. The molecule has 1 rings (SSSR count). The molecule has 0 aliphatic rings. The van der Waals surface area contributed by atoms with Crippen LogP contribution in [0.15, 0.2) is 24.3 Å². The van der Waals surface area contributed by atoms with Gasteiger partial charge in [0.25, 0.3) is 5.91 Å². The monoisotopic (exact) mass is 309 g/mol. The number of hydrogen-bond acceptors (Lipinski definition) is 6. The SMILES string of the molecule is COC(=O)[C@H](C)C[C@H](NC(=O)c1cccc(O)c1)C(=O)OC. The maximum absolute atomic E-state index is 12.1. The molecule has 0 saturated carbocycles. The zero-order chi connectivity index (χ0) is 16.7. The van der Waals surface area contributed by atoms with Crippen molar-refractivity contribution in [2.75, 3.05) is 14.2 Å². The summed E-state index contributed by atoms with van der Waals surface area (Å²) in [5.41, 5.74) is 0.194. The molecule has 120 valence electrons. The first-order valence-electron chi connectivity index (χ1n) is 6.64. The molecule has 7 nitrogen and oxygen atoms in total. The maximum Gasteiger partial charge on any atom is 0.328 e. The molecule has 1 amide bonds. The summed E-state index contributed by atoms with van der Waals surface area (Å²) in [4.78, 5) is 35.3. The van der Waals surface area contributed by atoms with Crippen LogP contribution in [-0.2, 0) is 19.1 Å². The highest BCUT2D eigenvalue weighted by Gasteiger charge is 2.27. The van der Waals surface area contributed by atoms with E-state index in [1.54, 1.807) is 6.92 Å². The van der Waals surface area contributed by atoms with Crippen LogP contribution in [0.5, 0.6) is 5.75 Å². The number of aromatic hydroxyl groups is 1. The lowest BCUT2D eigenvalue weighted by atomic mass is 10.0. The number of ether oxygens (including phenoxy) is 2. The standard InChI is InChI=1S/C15H19NO6/c1-9(14(19)21-2)7-12(15(20)22-3)16-13(18)10-5-4-6-11(17)8-10/h4-6,8-9,12,17H,7H2,1-3H3,(H,16,18)/t9-,12+/m1/s1. The molecule has 7 heteroatoms. The smallest absolute Gasteiger partial charge is 0.328 e. The number of benzene rings is 1. The second-order valence-corrected chi connectivity index (χ2v) is 4.76. The van der Waals surface area contributed by atoms with Crippen molar-refractivity contribution < 1.29 is 29.0 Å². The number of phenols is 1. The first kappa shape index (κ1) is 17.5. The fourth-order valence-electron chi connectivity index (χ4n) is 1.90. The third-order valence-corrected chi connectivity index (χ3v) is 3.09. The van der Waals surface area contributed by atoms with E-state index in [4.69, 9.17) is 0 Å². The topological polar surface area (TPSA) is 102 Å². The predicted molar refractivity (Wildman–Crippen MR) is 77.2 cm³/mol. The van der Waals surface area contributed by atoms with E-state index in [2.05, 4.69) is 14.8 Å². The minimum absolute atomic E-state index is 0.0455. The van der Waals surface area contributed by atoms with Gasteiger partial charge in [0.05, 0.1) is 20.1 Å². The summed E-state index contributed by atoms with van der Waals surface area (Å²) < 4.78 is 9.23. The molecular weight excluding hydrogens is 290 g/mol. The van der Waals surface area contributed by atoms with Gasteiger partial charge in [-0.3, -0.25) is 9.59 Å². The molecule has 0 spiro atoms. The minimum Gasteiger partial charge on any atom is -0.508 e. The van der Waals surface area contributed by atoms with Crippen LogP contribution >= 0.6 is 0 Å². The Morgan fingerprint density at radius 2 is 1.82 bits per heavy atom. The third-order valence-electron chi connectivity index (χ3n) is 3.09. The molecule has 0 aliphatic heterocycles. The van der Waals surface area contributed by atoms with Crippen LogP contribution in [0.25, 0.3) is 0 Å². The molecule has 2 atom stereocenters. The van der Waals surface area contributed by atoms with Gasteiger partial charge in [-0.2, -0.15) is 0 Å². The highest BCUT2D eigenvalue weighted by molar-refractivity contribution is 5.97. The van der Waals surface area contributed by atoms with Crippen LogP contribution in [0.3, 0.4) is 0 Å².